The van der Waals surface area contributed by atoms with Crippen molar-refractivity contribution in [1.82, 2.24) is 9.55 Å². The number of carbonyl (C=O) groups excluding carboxylic acids is 1. The molecule has 0 spiro atoms. The van der Waals surface area contributed by atoms with Crippen LogP contribution in [0.5, 0.6) is 0 Å². The van der Waals surface area contributed by atoms with Crippen LogP contribution in [0.25, 0.3) is 10.8 Å². The largest absolute Gasteiger partial charge is 0.454 e. The minimum Gasteiger partial charge on any atom is -0.454 e. The van der Waals surface area contributed by atoms with Gasteiger partial charge in [-0.3, -0.25) is 10.1 Å². The van der Waals surface area contributed by atoms with Crippen molar-refractivity contribution in [3.8, 4) is 10.8 Å². The lowest BCUT2D eigenvalue weighted by Gasteiger charge is -2.02. The minimum absolute atomic E-state index is 0.0767. The molecule has 0 fully saturated rings. The molecule has 0 bridgehead atoms. The molecule has 3 aromatic heterocycles. The molecule has 0 saturated heterocycles. The van der Waals surface area contributed by atoms with E-state index in [1.165, 1.54) is 41.5 Å². The topological polar surface area (TPSA) is 100 Å². The van der Waals surface area contributed by atoms with E-state index in [1.54, 1.807) is 0 Å². The molecule has 118 valence electrons. The van der Waals surface area contributed by atoms with Crippen LogP contribution < -0.4 is 0 Å². The second-order valence-corrected chi connectivity index (χ2v) is 5.60. The average molecular weight is 333 g/mol. The van der Waals surface area contributed by atoms with Gasteiger partial charge in [-0.25, -0.2) is 9.78 Å². The van der Waals surface area contributed by atoms with E-state index in [2.05, 4.69) is 4.98 Å². The predicted molar refractivity (Wildman–Crippen MR) is 81.0 cm³/mol. The lowest BCUT2D eigenvalue weighted by atomic mass is 10.4. The van der Waals surface area contributed by atoms with E-state index in [-0.39, 0.29) is 18.0 Å². The molecule has 8 nitrogen and oxygen atoms in total. The first kappa shape index (κ1) is 15.0. The molecule has 0 saturated carbocycles. The maximum absolute atomic E-state index is 12.0. The highest BCUT2D eigenvalue weighted by Gasteiger charge is 2.19. The number of carbonyl (C=O) groups is 1. The van der Waals surface area contributed by atoms with Crippen LogP contribution in [0.15, 0.2) is 40.5 Å². The summed E-state index contributed by atoms with van der Waals surface area (Å²) < 4.78 is 11.8. The van der Waals surface area contributed by atoms with E-state index in [9.17, 15) is 14.9 Å². The molecule has 0 amide bonds. The fourth-order valence-corrected chi connectivity index (χ4v) is 2.61. The number of hydrogen-bond donors (Lipinski definition) is 0. The number of aromatic nitrogens is 2. The zero-order valence-corrected chi connectivity index (χ0v) is 12.8. The minimum atomic E-state index is -0.665. The highest BCUT2D eigenvalue weighted by atomic mass is 32.1. The molecule has 23 heavy (non-hydrogen) atoms. The van der Waals surface area contributed by atoms with Gasteiger partial charge in [0.15, 0.2) is 0 Å². The van der Waals surface area contributed by atoms with Crippen LogP contribution >= 0.6 is 11.3 Å². The van der Waals surface area contributed by atoms with E-state index in [0.29, 0.717) is 11.6 Å². The molecule has 0 atom stereocenters. The van der Waals surface area contributed by atoms with Crippen molar-refractivity contribution in [3.63, 3.8) is 0 Å². The Kier molecular flexibility index (Phi) is 3.94. The number of oxazole rings is 1. The third-order valence-corrected chi connectivity index (χ3v) is 3.90. The van der Waals surface area contributed by atoms with Crippen LogP contribution in [0.3, 0.4) is 0 Å². The van der Waals surface area contributed by atoms with Crippen molar-refractivity contribution >= 4 is 23.0 Å². The zero-order chi connectivity index (χ0) is 16.4. The second-order valence-electron chi connectivity index (χ2n) is 4.65. The van der Waals surface area contributed by atoms with Crippen LogP contribution in [0.2, 0.25) is 0 Å². The normalized spacial score (nSPS) is 10.7. The molecule has 0 aliphatic heterocycles. The molecule has 0 aromatic carbocycles. The summed E-state index contributed by atoms with van der Waals surface area (Å²) in [5.74, 6) is -0.207. The van der Waals surface area contributed by atoms with Gasteiger partial charge in [-0.2, -0.15) is 0 Å². The van der Waals surface area contributed by atoms with Crippen molar-refractivity contribution in [1.29, 1.82) is 0 Å². The quantitative estimate of drug-likeness (QED) is 0.404. The van der Waals surface area contributed by atoms with Crippen LogP contribution in [0.4, 0.5) is 5.69 Å². The first-order valence-electron chi connectivity index (χ1n) is 6.51. The Morgan fingerprint density at radius 2 is 2.39 bits per heavy atom. The maximum Gasteiger partial charge on any atom is 0.355 e. The van der Waals surface area contributed by atoms with Crippen LogP contribution in [0, 0.1) is 10.1 Å². The lowest BCUT2D eigenvalue weighted by molar-refractivity contribution is -0.384. The van der Waals surface area contributed by atoms with Gasteiger partial charge < -0.3 is 13.7 Å². The summed E-state index contributed by atoms with van der Waals surface area (Å²) in [5, 5.41) is 12.6. The predicted octanol–water partition coefficient (Wildman–Crippen LogP) is 3.01. The Hall–Kier alpha value is -2.94. The monoisotopic (exact) mass is 333 g/mol. The van der Waals surface area contributed by atoms with Gasteiger partial charge in [0.2, 0.25) is 5.89 Å². The summed E-state index contributed by atoms with van der Waals surface area (Å²) in [6, 6.07) is 4.92. The summed E-state index contributed by atoms with van der Waals surface area (Å²) in [6.07, 6.45) is 2.66. The van der Waals surface area contributed by atoms with Gasteiger partial charge in [0, 0.05) is 13.1 Å². The molecule has 3 rings (SSSR count). The van der Waals surface area contributed by atoms with Crippen molar-refractivity contribution in [2.75, 3.05) is 0 Å². The third kappa shape index (κ3) is 3.14. The van der Waals surface area contributed by atoms with Crippen LogP contribution in [0.1, 0.15) is 16.2 Å². The van der Waals surface area contributed by atoms with Gasteiger partial charge >= 0.3 is 5.97 Å². The molecular formula is C14H11N3O5S. The van der Waals surface area contributed by atoms with Crippen molar-refractivity contribution < 1.29 is 18.9 Å². The van der Waals surface area contributed by atoms with E-state index in [4.69, 9.17) is 9.15 Å². The van der Waals surface area contributed by atoms with E-state index < -0.39 is 10.9 Å². The number of esters is 1. The zero-order valence-electron chi connectivity index (χ0n) is 12.0. The highest BCUT2D eigenvalue weighted by Crippen LogP contribution is 2.24. The van der Waals surface area contributed by atoms with Gasteiger partial charge in [-0.05, 0) is 11.4 Å². The maximum atomic E-state index is 12.0. The Bertz CT molecular complexity index is 850. The van der Waals surface area contributed by atoms with Gasteiger partial charge in [0.25, 0.3) is 5.69 Å². The Morgan fingerprint density at radius 1 is 1.57 bits per heavy atom. The number of ether oxygens (including phenoxy) is 1. The molecule has 0 aliphatic rings. The van der Waals surface area contributed by atoms with E-state index in [0.717, 1.165) is 4.88 Å². The molecular weight excluding hydrogens is 322 g/mol. The number of thiophene rings is 1. The summed E-state index contributed by atoms with van der Waals surface area (Å²) >= 11 is 1.49. The summed E-state index contributed by atoms with van der Waals surface area (Å²) in [6.45, 7) is -0.0767. The number of nitro groups is 1. The van der Waals surface area contributed by atoms with Crippen molar-refractivity contribution in [2.45, 2.75) is 6.61 Å². The third-order valence-electron chi connectivity index (χ3n) is 3.05. The van der Waals surface area contributed by atoms with Crippen molar-refractivity contribution in [3.05, 3.63) is 57.5 Å². The molecule has 0 unspecified atom stereocenters. The number of aryl methyl sites for hydroxylation is 1. The molecule has 3 heterocycles. The molecule has 0 aliphatic carbocycles. The Morgan fingerprint density at radius 3 is 3.04 bits per heavy atom. The van der Waals surface area contributed by atoms with Crippen LogP contribution in [-0.4, -0.2) is 20.4 Å². The molecule has 0 radical (unpaired) electrons. The van der Waals surface area contributed by atoms with E-state index in [1.807, 2.05) is 17.5 Å². The first-order chi connectivity index (χ1) is 11.0. The smallest absolute Gasteiger partial charge is 0.355 e. The molecule has 0 N–H and O–H groups in total. The summed E-state index contributed by atoms with van der Waals surface area (Å²) in [4.78, 5) is 27.2. The standard InChI is InChI=1S/C14H11N3O5S/c1-16-6-10(17(19)20)5-11(16)14(18)22-8-9-7-21-13(15-9)12-3-2-4-23-12/h2-7H,8H2,1H3. The fourth-order valence-electron chi connectivity index (χ4n) is 1.95. The Balaban J connectivity index is 1.66. The molecule has 9 heteroatoms. The number of nitrogens with zero attached hydrogens (tertiary/aromatic N) is 3. The van der Waals surface area contributed by atoms with Gasteiger partial charge in [-0.15, -0.1) is 11.3 Å². The highest BCUT2D eigenvalue weighted by molar-refractivity contribution is 7.13. The van der Waals surface area contributed by atoms with Gasteiger partial charge in [0.1, 0.15) is 24.3 Å². The van der Waals surface area contributed by atoms with E-state index >= 15 is 0 Å². The summed E-state index contributed by atoms with van der Waals surface area (Å²) in [5.41, 5.74) is 0.394. The van der Waals surface area contributed by atoms with Gasteiger partial charge in [-0.1, -0.05) is 6.07 Å². The number of rotatable bonds is 5. The SMILES string of the molecule is Cn1cc([N+](=O)[O-])cc1C(=O)OCc1coc(-c2cccs2)n1. The fraction of sp³-hybridized carbons (Fsp3) is 0.143. The second kappa shape index (κ2) is 6.05. The van der Waals surface area contributed by atoms with Crippen molar-refractivity contribution in [2.24, 2.45) is 7.05 Å². The molecule has 3 aromatic rings. The first-order valence-corrected chi connectivity index (χ1v) is 7.38. The Labute approximate surface area is 134 Å². The lowest BCUT2D eigenvalue weighted by Crippen LogP contribution is -2.09. The average Bonchev–Trinajstić information content (AvgIpc) is 3.24. The van der Waals surface area contributed by atoms with Gasteiger partial charge in [0.05, 0.1) is 16.0 Å². The number of hydrogen-bond acceptors (Lipinski definition) is 7. The summed E-state index contributed by atoms with van der Waals surface area (Å²) in [7, 11) is 1.54. The van der Waals surface area contributed by atoms with Crippen LogP contribution in [-0.2, 0) is 18.4 Å².